The smallest absolute Gasteiger partial charge is 0.251 e. The quantitative estimate of drug-likeness (QED) is 0.819. The maximum absolute atomic E-state index is 13.7. The lowest BCUT2D eigenvalue weighted by molar-refractivity contribution is -0.145. The summed E-state index contributed by atoms with van der Waals surface area (Å²) in [5, 5.41) is 0. The molecule has 2 fully saturated rings. The van der Waals surface area contributed by atoms with Gasteiger partial charge < -0.3 is 19.3 Å². The summed E-state index contributed by atoms with van der Waals surface area (Å²) in [7, 11) is 1.40. The number of carbonyl (C=O) groups excluding carboxylic acids is 2. The molecule has 2 amide bonds. The molecule has 2 aliphatic rings. The van der Waals surface area contributed by atoms with Crippen LogP contribution in [0.5, 0.6) is 5.75 Å². The zero-order valence-corrected chi connectivity index (χ0v) is 14.4. The van der Waals surface area contributed by atoms with E-state index in [0.29, 0.717) is 38.3 Å². The lowest BCUT2D eigenvalue weighted by Crippen LogP contribution is -2.53. The normalized spacial score (nSPS) is 20.6. The van der Waals surface area contributed by atoms with Crippen LogP contribution in [0.2, 0.25) is 0 Å². The molecule has 1 aromatic rings. The molecule has 25 heavy (non-hydrogen) atoms. The Bertz CT molecular complexity index is 638. The standard InChI is InChI=1S/C18H23FN2O4/c1-24-15-5-4-13(11-14(15)19)12-17(22)20-6-8-21(9-7-20)18(23)16-3-2-10-25-16/h4-5,11,16H,2-3,6-10,12H2,1H3. The Morgan fingerprint density at radius 1 is 1.24 bits per heavy atom. The minimum absolute atomic E-state index is 0.0295. The zero-order chi connectivity index (χ0) is 17.8. The van der Waals surface area contributed by atoms with Crippen LogP contribution in [0.1, 0.15) is 18.4 Å². The highest BCUT2D eigenvalue weighted by atomic mass is 19.1. The Balaban J connectivity index is 1.51. The second kappa shape index (κ2) is 7.82. The highest BCUT2D eigenvalue weighted by molar-refractivity contribution is 5.82. The molecule has 0 aliphatic carbocycles. The number of nitrogens with zero attached hydrogens (tertiary/aromatic N) is 2. The largest absolute Gasteiger partial charge is 0.494 e. The van der Waals surface area contributed by atoms with E-state index in [4.69, 9.17) is 9.47 Å². The van der Waals surface area contributed by atoms with Crippen LogP contribution in [-0.4, -0.2) is 67.6 Å². The van der Waals surface area contributed by atoms with E-state index in [0.717, 1.165) is 12.8 Å². The van der Waals surface area contributed by atoms with Crippen LogP contribution >= 0.6 is 0 Å². The fourth-order valence-electron chi connectivity index (χ4n) is 3.26. The molecule has 2 aliphatic heterocycles. The van der Waals surface area contributed by atoms with Gasteiger partial charge in [0.25, 0.3) is 5.91 Å². The van der Waals surface area contributed by atoms with Gasteiger partial charge in [-0.2, -0.15) is 0 Å². The number of methoxy groups -OCH3 is 1. The van der Waals surface area contributed by atoms with Crippen molar-refractivity contribution in [2.24, 2.45) is 0 Å². The first kappa shape index (κ1) is 17.7. The van der Waals surface area contributed by atoms with Crippen molar-refractivity contribution in [3.8, 4) is 5.75 Å². The lowest BCUT2D eigenvalue weighted by Gasteiger charge is -2.35. The molecule has 136 valence electrons. The fourth-order valence-corrected chi connectivity index (χ4v) is 3.26. The van der Waals surface area contributed by atoms with Crippen LogP contribution in [0.3, 0.4) is 0 Å². The first-order valence-electron chi connectivity index (χ1n) is 8.59. The Morgan fingerprint density at radius 2 is 1.96 bits per heavy atom. The number of amides is 2. The number of ether oxygens (including phenoxy) is 2. The number of hydrogen-bond acceptors (Lipinski definition) is 4. The summed E-state index contributed by atoms with van der Waals surface area (Å²) in [6.07, 6.45) is 1.53. The van der Waals surface area contributed by atoms with E-state index < -0.39 is 5.82 Å². The molecule has 0 saturated carbocycles. The third kappa shape index (κ3) is 4.10. The van der Waals surface area contributed by atoms with Crippen LogP contribution in [0.25, 0.3) is 0 Å². The van der Waals surface area contributed by atoms with Crippen molar-refractivity contribution >= 4 is 11.8 Å². The summed E-state index contributed by atoms with van der Waals surface area (Å²) >= 11 is 0. The fraction of sp³-hybridized carbons (Fsp3) is 0.556. The molecule has 0 spiro atoms. The SMILES string of the molecule is COc1ccc(CC(=O)N2CCN(C(=O)C3CCCO3)CC2)cc1F. The molecule has 1 aromatic carbocycles. The molecule has 1 unspecified atom stereocenters. The van der Waals surface area contributed by atoms with Gasteiger partial charge in [-0.1, -0.05) is 6.07 Å². The Kier molecular flexibility index (Phi) is 5.53. The Labute approximate surface area is 146 Å². The minimum Gasteiger partial charge on any atom is -0.494 e. The number of benzene rings is 1. The van der Waals surface area contributed by atoms with Crippen LogP contribution in [0.4, 0.5) is 4.39 Å². The van der Waals surface area contributed by atoms with Crippen LogP contribution in [0, 0.1) is 5.82 Å². The van der Waals surface area contributed by atoms with Crippen molar-refractivity contribution in [3.05, 3.63) is 29.6 Å². The minimum atomic E-state index is -0.472. The first-order chi connectivity index (χ1) is 12.1. The van der Waals surface area contributed by atoms with Crippen LogP contribution < -0.4 is 4.74 Å². The summed E-state index contributed by atoms with van der Waals surface area (Å²) in [5.41, 5.74) is 0.612. The van der Waals surface area contributed by atoms with Crippen molar-refractivity contribution in [2.45, 2.75) is 25.4 Å². The van der Waals surface area contributed by atoms with E-state index in [-0.39, 0.29) is 30.1 Å². The molecule has 6 nitrogen and oxygen atoms in total. The third-order valence-corrected chi connectivity index (χ3v) is 4.72. The van der Waals surface area contributed by atoms with E-state index >= 15 is 0 Å². The number of piperazine rings is 1. The van der Waals surface area contributed by atoms with Gasteiger partial charge in [-0.25, -0.2) is 4.39 Å². The topological polar surface area (TPSA) is 59.1 Å². The second-order valence-corrected chi connectivity index (χ2v) is 6.35. The average Bonchev–Trinajstić information content (AvgIpc) is 3.16. The molecule has 2 heterocycles. The van der Waals surface area contributed by atoms with Crippen molar-refractivity contribution < 1.29 is 23.5 Å². The predicted octanol–water partition coefficient (Wildman–Crippen LogP) is 1.23. The molecule has 0 radical (unpaired) electrons. The van der Waals surface area contributed by atoms with Gasteiger partial charge in [-0.3, -0.25) is 9.59 Å². The second-order valence-electron chi connectivity index (χ2n) is 6.35. The van der Waals surface area contributed by atoms with E-state index in [1.54, 1.807) is 15.9 Å². The van der Waals surface area contributed by atoms with Gasteiger partial charge in [0.1, 0.15) is 6.10 Å². The van der Waals surface area contributed by atoms with E-state index in [9.17, 15) is 14.0 Å². The van der Waals surface area contributed by atoms with E-state index in [1.807, 2.05) is 0 Å². The average molecular weight is 350 g/mol. The van der Waals surface area contributed by atoms with Crippen molar-refractivity contribution in [1.29, 1.82) is 0 Å². The van der Waals surface area contributed by atoms with Crippen LogP contribution in [-0.2, 0) is 20.7 Å². The predicted molar refractivity (Wildman–Crippen MR) is 88.8 cm³/mol. The Morgan fingerprint density at radius 3 is 2.56 bits per heavy atom. The van der Waals surface area contributed by atoms with Gasteiger partial charge in [0, 0.05) is 32.8 Å². The summed E-state index contributed by atoms with van der Waals surface area (Å²) in [4.78, 5) is 28.2. The molecule has 1 atom stereocenters. The van der Waals surface area contributed by atoms with Gasteiger partial charge >= 0.3 is 0 Å². The molecule has 0 bridgehead atoms. The number of halogens is 1. The molecular weight excluding hydrogens is 327 g/mol. The molecule has 7 heteroatoms. The molecular formula is C18H23FN2O4. The van der Waals surface area contributed by atoms with Gasteiger partial charge in [-0.15, -0.1) is 0 Å². The van der Waals surface area contributed by atoms with Gasteiger partial charge in [-0.05, 0) is 30.5 Å². The lowest BCUT2D eigenvalue weighted by atomic mass is 10.1. The van der Waals surface area contributed by atoms with E-state index in [1.165, 1.54) is 19.2 Å². The maximum atomic E-state index is 13.7. The van der Waals surface area contributed by atoms with Gasteiger partial charge in [0.2, 0.25) is 5.91 Å². The van der Waals surface area contributed by atoms with Crippen LogP contribution in [0.15, 0.2) is 18.2 Å². The highest BCUT2D eigenvalue weighted by Crippen LogP contribution is 2.19. The van der Waals surface area contributed by atoms with Crippen molar-refractivity contribution in [2.75, 3.05) is 39.9 Å². The summed E-state index contributed by atoms with van der Waals surface area (Å²) in [5.74, 6) is -0.340. The third-order valence-electron chi connectivity index (χ3n) is 4.72. The summed E-state index contributed by atoms with van der Waals surface area (Å²) in [6.45, 7) is 2.67. The summed E-state index contributed by atoms with van der Waals surface area (Å²) < 4.78 is 24.0. The number of rotatable bonds is 4. The number of carbonyl (C=O) groups is 2. The molecule has 0 N–H and O–H groups in total. The highest BCUT2D eigenvalue weighted by Gasteiger charge is 2.31. The molecule has 2 saturated heterocycles. The monoisotopic (exact) mass is 350 g/mol. The first-order valence-corrected chi connectivity index (χ1v) is 8.59. The van der Waals surface area contributed by atoms with E-state index in [2.05, 4.69) is 0 Å². The van der Waals surface area contributed by atoms with Gasteiger partial charge in [0.15, 0.2) is 11.6 Å². The summed E-state index contributed by atoms with van der Waals surface area (Å²) in [6, 6.07) is 4.54. The zero-order valence-electron chi connectivity index (χ0n) is 14.4. The molecule has 0 aromatic heterocycles. The molecule has 3 rings (SSSR count). The maximum Gasteiger partial charge on any atom is 0.251 e. The van der Waals surface area contributed by atoms with Crippen molar-refractivity contribution in [3.63, 3.8) is 0 Å². The van der Waals surface area contributed by atoms with Gasteiger partial charge in [0.05, 0.1) is 13.5 Å². The number of hydrogen-bond donors (Lipinski definition) is 0. The Hall–Kier alpha value is -2.15. The van der Waals surface area contributed by atoms with Crippen molar-refractivity contribution in [1.82, 2.24) is 9.80 Å².